The molecule has 6 heteroatoms. The van der Waals surface area contributed by atoms with Crippen molar-refractivity contribution in [2.75, 3.05) is 13.2 Å². The summed E-state index contributed by atoms with van der Waals surface area (Å²) in [5, 5.41) is 4.75. The number of nitrogens with zero attached hydrogens (tertiary/aromatic N) is 3. The zero-order valence-corrected chi connectivity index (χ0v) is 13.2. The van der Waals surface area contributed by atoms with Crippen LogP contribution in [0.1, 0.15) is 5.56 Å². The van der Waals surface area contributed by atoms with Crippen LogP contribution in [0.4, 0.5) is 0 Å². The summed E-state index contributed by atoms with van der Waals surface area (Å²) >= 11 is 6.26. The van der Waals surface area contributed by atoms with Gasteiger partial charge in [-0.2, -0.15) is 5.10 Å². The summed E-state index contributed by atoms with van der Waals surface area (Å²) in [6.07, 6.45) is 5.35. The third-order valence-corrected chi connectivity index (χ3v) is 3.42. The van der Waals surface area contributed by atoms with E-state index in [1.807, 2.05) is 47.3 Å². The number of aromatic nitrogens is 3. The summed E-state index contributed by atoms with van der Waals surface area (Å²) in [7, 11) is 0. The van der Waals surface area contributed by atoms with Crippen LogP contribution in [0.3, 0.4) is 0 Å². The van der Waals surface area contributed by atoms with Crippen molar-refractivity contribution in [3.8, 4) is 11.6 Å². The second-order valence-electron chi connectivity index (χ2n) is 4.83. The van der Waals surface area contributed by atoms with Crippen LogP contribution in [0.15, 0.2) is 61.1 Å². The van der Waals surface area contributed by atoms with Crippen LogP contribution in [0.25, 0.3) is 0 Å². The quantitative estimate of drug-likeness (QED) is 0.623. The standard InChI is InChI=1S/C17H16ClN3O2/c18-15-12-14(13-21-9-3-8-20-21)5-6-16(15)22-10-11-23-17-4-1-2-7-19-17/h1-9,12H,10-11,13H2. The minimum atomic E-state index is 0.398. The first-order chi connectivity index (χ1) is 11.3. The molecule has 0 fully saturated rings. The van der Waals surface area contributed by atoms with Gasteiger partial charge in [-0.15, -0.1) is 0 Å². The molecular formula is C17H16ClN3O2. The van der Waals surface area contributed by atoms with Crippen LogP contribution in [-0.4, -0.2) is 28.0 Å². The van der Waals surface area contributed by atoms with E-state index >= 15 is 0 Å². The zero-order valence-electron chi connectivity index (χ0n) is 12.4. The van der Waals surface area contributed by atoms with Gasteiger partial charge < -0.3 is 9.47 Å². The summed E-state index contributed by atoms with van der Waals surface area (Å²) in [5.41, 5.74) is 1.07. The Hall–Kier alpha value is -2.53. The lowest BCUT2D eigenvalue weighted by Crippen LogP contribution is -2.10. The largest absolute Gasteiger partial charge is 0.488 e. The SMILES string of the molecule is Clc1cc(Cn2cccn2)ccc1OCCOc1ccccn1. The Morgan fingerprint density at radius 2 is 1.91 bits per heavy atom. The van der Waals surface area contributed by atoms with Crippen LogP contribution in [0.2, 0.25) is 5.02 Å². The van der Waals surface area contributed by atoms with E-state index in [9.17, 15) is 0 Å². The molecule has 2 aromatic heterocycles. The van der Waals surface area contributed by atoms with Crippen LogP contribution in [0, 0.1) is 0 Å². The fourth-order valence-corrected chi connectivity index (χ4v) is 2.33. The van der Waals surface area contributed by atoms with Gasteiger partial charge in [0.1, 0.15) is 19.0 Å². The molecule has 3 aromatic rings. The van der Waals surface area contributed by atoms with Gasteiger partial charge in [0.25, 0.3) is 0 Å². The maximum atomic E-state index is 6.26. The predicted octanol–water partition coefficient (Wildman–Crippen LogP) is 3.44. The van der Waals surface area contributed by atoms with E-state index in [-0.39, 0.29) is 0 Å². The van der Waals surface area contributed by atoms with Crippen molar-refractivity contribution < 1.29 is 9.47 Å². The van der Waals surface area contributed by atoms with Gasteiger partial charge >= 0.3 is 0 Å². The van der Waals surface area contributed by atoms with Crippen molar-refractivity contribution in [1.82, 2.24) is 14.8 Å². The van der Waals surface area contributed by atoms with E-state index in [4.69, 9.17) is 21.1 Å². The summed E-state index contributed by atoms with van der Waals surface area (Å²) in [6.45, 7) is 1.48. The second-order valence-corrected chi connectivity index (χ2v) is 5.24. The van der Waals surface area contributed by atoms with Crippen molar-refractivity contribution in [2.45, 2.75) is 6.54 Å². The molecule has 0 unspecified atom stereocenters. The molecule has 0 bridgehead atoms. The van der Waals surface area contributed by atoms with Crippen molar-refractivity contribution in [2.24, 2.45) is 0 Å². The Kier molecular flexibility index (Phi) is 5.11. The van der Waals surface area contributed by atoms with Crippen molar-refractivity contribution in [1.29, 1.82) is 0 Å². The van der Waals surface area contributed by atoms with Gasteiger partial charge in [-0.3, -0.25) is 4.68 Å². The highest BCUT2D eigenvalue weighted by atomic mass is 35.5. The van der Waals surface area contributed by atoms with E-state index in [0.717, 1.165) is 5.56 Å². The molecule has 3 rings (SSSR count). The number of hydrogen-bond donors (Lipinski definition) is 0. The smallest absolute Gasteiger partial charge is 0.213 e. The molecule has 0 amide bonds. The maximum absolute atomic E-state index is 6.26. The molecule has 1 aromatic carbocycles. The average molecular weight is 330 g/mol. The highest BCUT2D eigenvalue weighted by Gasteiger charge is 2.04. The molecule has 0 aliphatic rings. The van der Waals surface area contributed by atoms with E-state index in [0.29, 0.717) is 36.4 Å². The Bertz CT molecular complexity index is 733. The fraction of sp³-hybridized carbons (Fsp3) is 0.176. The molecule has 0 atom stereocenters. The van der Waals surface area contributed by atoms with Gasteiger partial charge in [-0.05, 0) is 29.8 Å². The van der Waals surface area contributed by atoms with Crippen molar-refractivity contribution in [3.63, 3.8) is 0 Å². The van der Waals surface area contributed by atoms with Gasteiger partial charge in [-0.1, -0.05) is 23.7 Å². The second kappa shape index (κ2) is 7.65. The Morgan fingerprint density at radius 1 is 1.00 bits per heavy atom. The van der Waals surface area contributed by atoms with Gasteiger partial charge in [0.2, 0.25) is 5.88 Å². The van der Waals surface area contributed by atoms with E-state index in [1.54, 1.807) is 18.5 Å². The Morgan fingerprint density at radius 3 is 2.65 bits per heavy atom. The minimum Gasteiger partial charge on any atom is -0.488 e. The first-order valence-electron chi connectivity index (χ1n) is 7.24. The Balaban J connectivity index is 1.50. The van der Waals surface area contributed by atoms with Crippen LogP contribution < -0.4 is 9.47 Å². The number of rotatable bonds is 7. The topological polar surface area (TPSA) is 49.2 Å². The monoisotopic (exact) mass is 329 g/mol. The third kappa shape index (κ3) is 4.47. The minimum absolute atomic E-state index is 0.398. The number of halogens is 1. The molecule has 5 nitrogen and oxygen atoms in total. The molecule has 0 saturated carbocycles. The number of hydrogen-bond acceptors (Lipinski definition) is 4. The lowest BCUT2D eigenvalue weighted by Gasteiger charge is -2.10. The lowest BCUT2D eigenvalue weighted by atomic mass is 10.2. The first kappa shape index (κ1) is 15.4. The molecule has 0 saturated heterocycles. The zero-order chi connectivity index (χ0) is 15.9. The lowest BCUT2D eigenvalue weighted by molar-refractivity contribution is 0.212. The summed E-state index contributed by atoms with van der Waals surface area (Å²) < 4.78 is 13.0. The maximum Gasteiger partial charge on any atom is 0.213 e. The van der Waals surface area contributed by atoms with Crippen molar-refractivity contribution in [3.05, 3.63) is 71.6 Å². The highest BCUT2D eigenvalue weighted by Crippen LogP contribution is 2.25. The molecule has 0 aliphatic carbocycles. The molecule has 0 aliphatic heterocycles. The molecule has 0 radical (unpaired) electrons. The summed E-state index contributed by atoms with van der Waals surface area (Å²) in [4.78, 5) is 4.08. The summed E-state index contributed by atoms with van der Waals surface area (Å²) in [6, 6.07) is 13.1. The summed E-state index contributed by atoms with van der Waals surface area (Å²) in [5.74, 6) is 1.22. The molecule has 23 heavy (non-hydrogen) atoms. The van der Waals surface area contributed by atoms with Crippen LogP contribution in [-0.2, 0) is 6.54 Å². The Labute approximate surface area is 139 Å². The molecule has 0 spiro atoms. The van der Waals surface area contributed by atoms with Gasteiger partial charge in [0.05, 0.1) is 11.6 Å². The highest BCUT2D eigenvalue weighted by molar-refractivity contribution is 6.32. The molecule has 0 N–H and O–H groups in total. The molecule has 2 heterocycles. The number of benzene rings is 1. The van der Waals surface area contributed by atoms with Crippen LogP contribution >= 0.6 is 11.6 Å². The number of pyridine rings is 1. The number of ether oxygens (including phenoxy) is 2. The van der Waals surface area contributed by atoms with Gasteiger partial charge in [0.15, 0.2) is 0 Å². The fourth-order valence-electron chi connectivity index (χ4n) is 2.07. The third-order valence-electron chi connectivity index (χ3n) is 3.13. The van der Waals surface area contributed by atoms with Gasteiger partial charge in [0, 0.05) is 24.7 Å². The molecular weight excluding hydrogens is 314 g/mol. The average Bonchev–Trinajstić information content (AvgIpc) is 3.07. The predicted molar refractivity (Wildman–Crippen MR) is 88.0 cm³/mol. The van der Waals surface area contributed by atoms with Gasteiger partial charge in [-0.25, -0.2) is 4.98 Å². The first-order valence-corrected chi connectivity index (χ1v) is 7.61. The van der Waals surface area contributed by atoms with Crippen LogP contribution in [0.5, 0.6) is 11.6 Å². The van der Waals surface area contributed by atoms with E-state index < -0.39 is 0 Å². The van der Waals surface area contributed by atoms with E-state index in [1.165, 1.54) is 0 Å². The van der Waals surface area contributed by atoms with E-state index in [2.05, 4.69) is 10.1 Å². The normalized spacial score (nSPS) is 10.5. The van der Waals surface area contributed by atoms with Crippen molar-refractivity contribution >= 4 is 11.6 Å². The molecule has 118 valence electrons.